The van der Waals surface area contributed by atoms with Crippen molar-refractivity contribution in [2.24, 2.45) is 5.92 Å². The molecular weight excluding hydrogens is 232 g/mol. The molecule has 2 heteroatoms. The molecule has 1 N–H and O–H groups in total. The van der Waals surface area contributed by atoms with E-state index >= 15 is 0 Å². The van der Waals surface area contributed by atoms with E-state index in [-0.39, 0.29) is 0 Å². The lowest BCUT2D eigenvalue weighted by molar-refractivity contribution is 0.307. The molecule has 19 heavy (non-hydrogen) atoms. The number of benzene rings is 1. The summed E-state index contributed by atoms with van der Waals surface area (Å²) in [5.74, 6) is 0.878. The molecule has 2 fully saturated rings. The SMILES string of the molecule is CC1CCCC1NC1CCN(Cc2ccccc2)C1. The van der Waals surface area contributed by atoms with Gasteiger partial charge in [0.15, 0.2) is 0 Å². The molecule has 2 aliphatic rings. The van der Waals surface area contributed by atoms with Crippen molar-refractivity contribution in [1.82, 2.24) is 10.2 Å². The van der Waals surface area contributed by atoms with Crippen molar-refractivity contribution in [3.05, 3.63) is 35.9 Å². The molecule has 0 aromatic heterocycles. The summed E-state index contributed by atoms with van der Waals surface area (Å²) in [5.41, 5.74) is 1.44. The molecule has 3 unspecified atom stereocenters. The highest BCUT2D eigenvalue weighted by molar-refractivity contribution is 5.14. The number of nitrogens with zero attached hydrogens (tertiary/aromatic N) is 1. The number of hydrogen-bond acceptors (Lipinski definition) is 2. The summed E-state index contributed by atoms with van der Waals surface area (Å²) in [7, 11) is 0. The minimum absolute atomic E-state index is 0.717. The van der Waals surface area contributed by atoms with Crippen LogP contribution < -0.4 is 5.32 Å². The third kappa shape index (κ3) is 3.37. The summed E-state index contributed by atoms with van der Waals surface area (Å²) in [4.78, 5) is 2.59. The summed E-state index contributed by atoms with van der Waals surface area (Å²) >= 11 is 0. The average molecular weight is 258 g/mol. The summed E-state index contributed by atoms with van der Waals surface area (Å²) in [6, 6.07) is 12.3. The Morgan fingerprint density at radius 3 is 2.74 bits per heavy atom. The molecule has 1 saturated carbocycles. The maximum Gasteiger partial charge on any atom is 0.0234 e. The maximum absolute atomic E-state index is 3.90. The van der Waals surface area contributed by atoms with Crippen LogP contribution in [0.1, 0.15) is 38.2 Å². The second kappa shape index (κ2) is 6.06. The van der Waals surface area contributed by atoms with Crippen molar-refractivity contribution in [3.63, 3.8) is 0 Å². The molecule has 0 amide bonds. The van der Waals surface area contributed by atoms with Crippen LogP contribution in [-0.4, -0.2) is 30.1 Å². The monoisotopic (exact) mass is 258 g/mol. The van der Waals surface area contributed by atoms with E-state index in [9.17, 15) is 0 Å². The van der Waals surface area contributed by atoms with E-state index in [1.807, 2.05) is 0 Å². The minimum atomic E-state index is 0.717. The Hall–Kier alpha value is -0.860. The van der Waals surface area contributed by atoms with Gasteiger partial charge in [-0.15, -0.1) is 0 Å². The fraction of sp³-hybridized carbons (Fsp3) is 0.647. The van der Waals surface area contributed by atoms with Gasteiger partial charge < -0.3 is 5.32 Å². The van der Waals surface area contributed by atoms with Crippen LogP contribution in [0.25, 0.3) is 0 Å². The fourth-order valence-corrected chi connectivity index (χ4v) is 3.65. The van der Waals surface area contributed by atoms with Gasteiger partial charge in [0, 0.05) is 31.7 Å². The normalized spacial score (nSPS) is 31.9. The summed E-state index contributed by atoms with van der Waals surface area (Å²) in [6.45, 7) is 5.98. The number of nitrogens with one attached hydrogen (secondary N) is 1. The molecule has 2 nitrogen and oxygen atoms in total. The van der Waals surface area contributed by atoms with Gasteiger partial charge in [0.05, 0.1) is 0 Å². The molecule has 0 spiro atoms. The Morgan fingerprint density at radius 1 is 1.16 bits per heavy atom. The number of rotatable bonds is 4. The Labute approximate surface area is 117 Å². The summed E-state index contributed by atoms with van der Waals surface area (Å²) in [5, 5.41) is 3.90. The minimum Gasteiger partial charge on any atom is -0.310 e. The largest absolute Gasteiger partial charge is 0.310 e. The topological polar surface area (TPSA) is 15.3 Å². The molecular formula is C17H26N2. The van der Waals surface area contributed by atoms with Gasteiger partial charge in [-0.3, -0.25) is 4.90 Å². The van der Waals surface area contributed by atoms with E-state index in [0.717, 1.165) is 18.5 Å². The Kier molecular flexibility index (Phi) is 4.19. The summed E-state index contributed by atoms with van der Waals surface area (Å²) < 4.78 is 0. The molecule has 0 radical (unpaired) electrons. The highest BCUT2D eigenvalue weighted by Gasteiger charge is 2.29. The standard InChI is InChI=1S/C17H26N2/c1-14-6-5-9-17(14)18-16-10-11-19(13-16)12-15-7-3-2-4-8-15/h2-4,7-8,14,16-18H,5-6,9-13H2,1H3. The zero-order valence-electron chi connectivity index (χ0n) is 12.0. The van der Waals surface area contributed by atoms with Crippen LogP contribution in [-0.2, 0) is 6.54 Å². The zero-order chi connectivity index (χ0) is 13.1. The van der Waals surface area contributed by atoms with E-state index < -0.39 is 0 Å². The zero-order valence-corrected chi connectivity index (χ0v) is 12.0. The molecule has 1 aliphatic heterocycles. The first-order valence-corrected chi connectivity index (χ1v) is 7.83. The number of likely N-dealkylation sites (tertiary alicyclic amines) is 1. The lowest BCUT2D eigenvalue weighted by Crippen LogP contribution is -2.41. The van der Waals surface area contributed by atoms with Crippen LogP contribution in [0.5, 0.6) is 0 Å². The smallest absolute Gasteiger partial charge is 0.0234 e. The predicted molar refractivity (Wildman–Crippen MR) is 80.1 cm³/mol. The lowest BCUT2D eigenvalue weighted by Gasteiger charge is -2.23. The van der Waals surface area contributed by atoms with E-state index in [4.69, 9.17) is 0 Å². The molecule has 3 atom stereocenters. The van der Waals surface area contributed by atoms with Crippen LogP contribution in [0, 0.1) is 5.92 Å². The van der Waals surface area contributed by atoms with Gasteiger partial charge in [0.1, 0.15) is 0 Å². The van der Waals surface area contributed by atoms with Gasteiger partial charge in [-0.1, -0.05) is 43.7 Å². The van der Waals surface area contributed by atoms with Gasteiger partial charge in [0.25, 0.3) is 0 Å². The Balaban J connectivity index is 1.47. The van der Waals surface area contributed by atoms with Crippen LogP contribution >= 0.6 is 0 Å². The van der Waals surface area contributed by atoms with Gasteiger partial charge in [-0.25, -0.2) is 0 Å². The van der Waals surface area contributed by atoms with Crippen molar-refractivity contribution in [1.29, 1.82) is 0 Å². The molecule has 1 heterocycles. The van der Waals surface area contributed by atoms with Crippen molar-refractivity contribution >= 4 is 0 Å². The average Bonchev–Trinajstić information content (AvgIpc) is 3.02. The first-order valence-electron chi connectivity index (χ1n) is 7.83. The van der Waals surface area contributed by atoms with Crippen LogP contribution in [0.15, 0.2) is 30.3 Å². The first-order chi connectivity index (χ1) is 9.31. The Morgan fingerprint density at radius 2 is 2.00 bits per heavy atom. The predicted octanol–water partition coefficient (Wildman–Crippen LogP) is 3.04. The van der Waals surface area contributed by atoms with Crippen LogP contribution in [0.3, 0.4) is 0 Å². The molecule has 0 bridgehead atoms. The molecule has 1 aromatic rings. The van der Waals surface area contributed by atoms with Crippen LogP contribution in [0.2, 0.25) is 0 Å². The third-order valence-electron chi connectivity index (χ3n) is 4.83. The highest BCUT2D eigenvalue weighted by Crippen LogP contribution is 2.26. The summed E-state index contributed by atoms with van der Waals surface area (Å²) in [6.07, 6.45) is 5.53. The van der Waals surface area contributed by atoms with Crippen molar-refractivity contribution in [2.45, 2.75) is 51.2 Å². The molecule has 3 rings (SSSR count). The Bertz CT molecular complexity index is 390. The molecule has 1 saturated heterocycles. The van der Waals surface area contributed by atoms with Crippen molar-refractivity contribution < 1.29 is 0 Å². The highest BCUT2D eigenvalue weighted by atomic mass is 15.2. The van der Waals surface area contributed by atoms with Crippen molar-refractivity contribution in [3.8, 4) is 0 Å². The van der Waals surface area contributed by atoms with E-state index in [1.165, 1.54) is 44.3 Å². The van der Waals surface area contributed by atoms with E-state index in [1.54, 1.807) is 0 Å². The quantitative estimate of drug-likeness (QED) is 0.893. The second-order valence-corrected chi connectivity index (χ2v) is 6.39. The van der Waals surface area contributed by atoms with E-state index in [2.05, 4.69) is 47.5 Å². The van der Waals surface area contributed by atoms with Gasteiger partial charge >= 0.3 is 0 Å². The van der Waals surface area contributed by atoms with Crippen LogP contribution in [0.4, 0.5) is 0 Å². The van der Waals surface area contributed by atoms with Gasteiger partial charge in [-0.05, 0) is 30.7 Å². The second-order valence-electron chi connectivity index (χ2n) is 6.39. The fourth-order valence-electron chi connectivity index (χ4n) is 3.65. The van der Waals surface area contributed by atoms with Crippen molar-refractivity contribution in [2.75, 3.05) is 13.1 Å². The third-order valence-corrected chi connectivity index (χ3v) is 4.83. The van der Waals surface area contributed by atoms with Gasteiger partial charge in [-0.2, -0.15) is 0 Å². The molecule has 104 valence electrons. The van der Waals surface area contributed by atoms with E-state index in [0.29, 0.717) is 6.04 Å². The maximum atomic E-state index is 3.90. The van der Waals surface area contributed by atoms with Gasteiger partial charge in [0.2, 0.25) is 0 Å². The lowest BCUT2D eigenvalue weighted by atomic mass is 10.1. The molecule has 1 aliphatic carbocycles. The first kappa shape index (κ1) is 13.1. The number of hydrogen-bond donors (Lipinski definition) is 1. The molecule has 1 aromatic carbocycles.